The molecule has 0 amide bonds. The minimum absolute atomic E-state index is 0.417. The fourth-order valence-corrected chi connectivity index (χ4v) is 8.20. The van der Waals surface area contributed by atoms with Gasteiger partial charge in [0.05, 0.1) is 5.69 Å². The molecule has 6 heteroatoms. The Morgan fingerprint density at radius 2 is 1.00 bits per heavy atom. The van der Waals surface area contributed by atoms with Gasteiger partial charge in [-0.2, -0.15) is 0 Å². The molecule has 0 saturated heterocycles. The van der Waals surface area contributed by atoms with Crippen molar-refractivity contribution in [2.75, 3.05) is 11.7 Å². The molecule has 0 aliphatic heterocycles. The van der Waals surface area contributed by atoms with Crippen molar-refractivity contribution in [2.24, 2.45) is 0 Å². The summed E-state index contributed by atoms with van der Waals surface area (Å²) in [5, 5.41) is 2.49. The number of nitrogens with zero attached hydrogens (tertiary/aromatic N) is 1. The van der Waals surface area contributed by atoms with Crippen LogP contribution in [0.25, 0.3) is 0 Å². The highest BCUT2D eigenvalue weighted by atomic mass is 35.5. The first-order valence-electron chi connectivity index (χ1n) is 9.58. The molecule has 0 N–H and O–H groups in total. The van der Waals surface area contributed by atoms with E-state index in [0.717, 1.165) is 5.69 Å². The number of hydrogen-bond acceptors (Lipinski definition) is 1. The van der Waals surface area contributed by atoms with Crippen LogP contribution < -0.4 is 20.6 Å². The second-order valence-electron chi connectivity index (χ2n) is 7.08. The fraction of sp³-hybridized carbons (Fsp3) is 0.0400. The van der Waals surface area contributed by atoms with Crippen LogP contribution in [-0.4, -0.2) is 7.05 Å². The third-order valence-corrected chi connectivity index (χ3v) is 9.66. The minimum atomic E-state index is -2.89. The van der Waals surface area contributed by atoms with Gasteiger partial charge in [-0.15, -0.1) is 0 Å². The lowest BCUT2D eigenvalue weighted by atomic mass is 10.3. The Balaban J connectivity index is 2.11. The first-order chi connectivity index (χ1) is 14.9. The van der Waals surface area contributed by atoms with E-state index in [1.165, 1.54) is 36.4 Å². The first-order valence-corrected chi connectivity index (χ1v) is 11.7. The molecular formula is C25H19ClF3NP+. The summed E-state index contributed by atoms with van der Waals surface area (Å²) in [5.41, 5.74) is 0.788. The monoisotopic (exact) mass is 456 g/mol. The Bertz CT molecular complexity index is 1100. The topological polar surface area (TPSA) is 3.24 Å². The van der Waals surface area contributed by atoms with Crippen LogP contribution in [0.3, 0.4) is 0 Å². The molecule has 0 aromatic heterocycles. The van der Waals surface area contributed by atoms with Crippen molar-refractivity contribution in [3.8, 4) is 0 Å². The van der Waals surface area contributed by atoms with Gasteiger partial charge in [0.25, 0.3) is 0 Å². The Labute approximate surface area is 185 Å². The molecule has 4 rings (SSSR count). The highest BCUT2D eigenvalue weighted by Gasteiger charge is 2.51. The predicted molar refractivity (Wildman–Crippen MR) is 125 cm³/mol. The molecular weight excluding hydrogens is 438 g/mol. The van der Waals surface area contributed by atoms with Crippen LogP contribution in [0.5, 0.6) is 0 Å². The molecule has 0 aliphatic carbocycles. The summed E-state index contributed by atoms with van der Waals surface area (Å²) in [6, 6.07) is 25.9. The third kappa shape index (κ3) is 4.06. The van der Waals surface area contributed by atoms with Gasteiger partial charge in [0.15, 0.2) is 0 Å². The van der Waals surface area contributed by atoms with E-state index in [-0.39, 0.29) is 0 Å². The molecule has 0 saturated carbocycles. The SMILES string of the molecule is CN(c1ccc(Cl)cc1)[P+](c1cccc(F)c1)(c1cccc(F)c1)c1cccc(F)c1. The first kappa shape index (κ1) is 21.4. The Morgan fingerprint density at radius 3 is 1.35 bits per heavy atom. The van der Waals surface area contributed by atoms with Gasteiger partial charge in [-0.05, 0) is 60.7 Å². The zero-order chi connectivity index (χ0) is 22.0. The van der Waals surface area contributed by atoms with E-state index < -0.39 is 24.9 Å². The smallest absolute Gasteiger partial charge is 0.202 e. The van der Waals surface area contributed by atoms with Crippen molar-refractivity contribution in [3.05, 3.63) is 120 Å². The molecule has 0 heterocycles. The summed E-state index contributed by atoms with van der Waals surface area (Å²) in [6.07, 6.45) is 0. The van der Waals surface area contributed by atoms with Crippen molar-refractivity contribution >= 4 is 40.6 Å². The lowest BCUT2D eigenvalue weighted by Gasteiger charge is -2.35. The van der Waals surface area contributed by atoms with Crippen molar-refractivity contribution in [1.82, 2.24) is 0 Å². The second kappa shape index (κ2) is 8.74. The fourth-order valence-electron chi connectivity index (χ4n) is 3.83. The molecule has 0 fully saturated rings. The van der Waals surface area contributed by atoms with Gasteiger partial charge in [0, 0.05) is 30.3 Å². The number of anilines is 1. The molecule has 1 nitrogen and oxygen atoms in total. The van der Waals surface area contributed by atoms with E-state index >= 15 is 0 Å². The Kier molecular flexibility index (Phi) is 6.04. The molecule has 0 spiro atoms. The van der Waals surface area contributed by atoms with Crippen molar-refractivity contribution in [1.29, 1.82) is 0 Å². The molecule has 0 aliphatic rings. The predicted octanol–water partition coefficient (Wildman–Crippen LogP) is 6.10. The zero-order valence-electron chi connectivity index (χ0n) is 16.6. The summed E-state index contributed by atoms with van der Waals surface area (Å²) in [6.45, 7) is 0. The largest absolute Gasteiger partial charge is 0.237 e. The van der Waals surface area contributed by atoms with Gasteiger partial charge in [-0.3, -0.25) is 0 Å². The minimum Gasteiger partial charge on any atom is -0.237 e. The van der Waals surface area contributed by atoms with Crippen LogP contribution in [0, 0.1) is 17.5 Å². The molecule has 0 unspecified atom stereocenters. The average molecular weight is 457 g/mol. The normalized spacial score (nSPS) is 11.4. The number of hydrogen-bond donors (Lipinski definition) is 0. The number of rotatable bonds is 5. The molecule has 0 radical (unpaired) electrons. The van der Waals surface area contributed by atoms with Crippen LogP contribution >= 0.6 is 19.0 Å². The van der Waals surface area contributed by atoms with Crippen molar-refractivity contribution < 1.29 is 13.2 Å². The summed E-state index contributed by atoms with van der Waals surface area (Å²) >= 11 is 6.09. The van der Waals surface area contributed by atoms with E-state index in [4.69, 9.17) is 11.6 Å². The molecule has 0 bridgehead atoms. The maximum absolute atomic E-state index is 14.4. The summed E-state index contributed by atoms with van der Waals surface area (Å²) in [5.74, 6) is -1.25. The molecule has 0 atom stereocenters. The second-order valence-corrected chi connectivity index (χ2v) is 10.9. The maximum Gasteiger partial charge on any atom is 0.202 e. The van der Waals surface area contributed by atoms with Crippen LogP contribution in [0.4, 0.5) is 18.9 Å². The molecule has 4 aromatic carbocycles. The lowest BCUT2D eigenvalue weighted by Crippen LogP contribution is -2.42. The van der Waals surface area contributed by atoms with Crippen LogP contribution in [0.1, 0.15) is 0 Å². The van der Waals surface area contributed by atoms with Crippen LogP contribution in [0.15, 0.2) is 97.1 Å². The highest BCUT2D eigenvalue weighted by Crippen LogP contribution is 2.59. The zero-order valence-corrected chi connectivity index (χ0v) is 18.3. The van der Waals surface area contributed by atoms with E-state index in [9.17, 15) is 13.2 Å². The van der Waals surface area contributed by atoms with Gasteiger partial charge >= 0.3 is 0 Å². The van der Waals surface area contributed by atoms with Crippen molar-refractivity contribution in [2.45, 2.75) is 0 Å². The molecule has 156 valence electrons. The maximum atomic E-state index is 14.4. The van der Waals surface area contributed by atoms with Gasteiger partial charge in [-0.25, -0.2) is 17.8 Å². The number of benzene rings is 4. The van der Waals surface area contributed by atoms with Gasteiger partial charge < -0.3 is 0 Å². The lowest BCUT2D eigenvalue weighted by molar-refractivity contribution is 0.629. The Morgan fingerprint density at radius 1 is 0.613 bits per heavy atom. The Hall–Kier alpha value is -2.81. The standard InChI is InChI=1S/C25H19ClF3NP/c1-30(22-13-11-18(26)12-14-22)31(23-8-2-5-19(27)15-23,24-9-3-6-20(28)16-24)25-10-4-7-21(29)17-25/h2-17H,1H3/q+1. The van der Waals surface area contributed by atoms with E-state index in [1.54, 1.807) is 48.5 Å². The van der Waals surface area contributed by atoms with E-state index in [1.807, 2.05) is 23.9 Å². The van der Waals surface area contributed by atoms with Gasteiger partial charge in [0.1, 0.15) is 33.4 Å². The van der Waals surface area contributed by atoms with E-state index in [0.29, 0.717) is 20.9 Å². The van der Waals surface area contributed by atoms with Crippen molar-refractivity contribution in [3.63, 3.8) is 0 Å². The van der Waals surface area contributed by atoms with Gasteiger partial charge in [-0.1, -0.05) is 29.8 Å². The van der Waals surface area contributed by atoms with Crippen LogP contribution in [-0.2, 0) is 0 Å². The summed E-state index contributed by atoms with van der Waals surface area (Å²) < 4.78 is 45.3. The molecule has 31 heavy (non-hydrogen) atoms. The number of halogens is 4. The van der Waals surface area contributed by atoms with E-state index in [2.05, 4.69) is 0 Å². The van der Waals surface area contributed by atoms with Crippen LogP contribution in [0.2, 0.25) is 5.02 Å². The average Bonchev–Trinajstić information content (AvgIpc) is 2.75. The molecule has 4 aromatic rings. The summed E-state index contributed by atoms with van der Waals surface area (Å²) in [4.78, 5) is 0. The third-order valence-electron chi connectivity index (χ3n) is 5.20. The quantitative estimate of drug-likeness (QED) is 0.328. The highest BCUT2D eigenvalue weighted by molar-refractivity contribution is 7.96. The van der Waals surface area contributed by atoms with Gasteiger partial charge in [0.2, 0.25) is 7.41 Å². The summed E-state index contributed by atoms with van der Waals surface area (Å²) in [7, 11) is -1.03.